The Morgan fingerprint density at radius 1 is 1.24 bits per heavy atom. The Hall–Kier alpha value is -1.64. The molecule has 8 heteroatoms. The highest BCUT2D eigenvalue weighted by Gasteiger charge is 2.72. The molecule has 2 saturated carbocycles. The lowest BCUT2D eigenvalue weighted by atomic mass is 9.68. The van der Waals surface area contributed by atoms with E-state index in [9.17, 15) is 9.59 Å². The maximum Gasteiger partial charge on any atom is 0.410 e. The molecule has 5 aliphatic rings. The van der Waals surface area contributed by atoms with Crippen molar-refractivity contribution in [1.82, 2.24) is 10.2 Å². The van der Waals surface area contributed by atoms with Crippen LogP contribution in [0.15, 0.2) is 11.6 Å². The molecule has 5 rings (SSSR count). The second kappa shape index (κ2) is 8.24. The lowest BCUT2D eigenvalue weighted by molar-refractivity contribution is -0.124. The third-order valence-corrected chi connectivity index (χ3v) is 8.60. The normalized spacial score (nSPS) is 44.8. The Balaban J connectivity index is 1.22. The van der Waals surface area contributed by atoms with Crippen LogP contribution in [-0.2, 0) is 23.7 Å². The number of likely N-dealkylation sites (tertiary alicyclic amines) is 1. The summed E-state index contributed by atoms with van der Waals surface area (Å²) < 4.78 is 24.2. The zero-order valence-electron chi connectivity index (χ0n) is 20.5. The number of nitrogens with one attached hydrogen (secondary N) is 1. The van der Waals surface area contributed by atoms with Gasteiger partial charge in [-0.3, -0.25) is 4.79 Å². The van der Waals surface area contributed by atoms with Gasteiger partial charge >= 0.3 is 6.09 Å². The molecule has 9 atom stereocenters. The lowest BCUT2D eigenvalue weighted by Gasteiger charge is -2.43. The molecule has 0 bridgehead atoms. The van der Waals surface area contributed by atoms with Crippen molar-refractivity contribution in [2.75, 3.05) is 33.4 Å². The van der Waals surface area contributed by atoms with E-state index < -0.39 is 0 Å². The molecular formula is C25H38N2O6. The average molecular weight is 463 g/mol. The summed E-state index contributed by atoms with van der Waals surface area (Å²) in [6, 6.07) is 0. The number of hydrogen-bond acceptors (Lipinski definition) is 6. The molecule has 0 aromatic rings. The van der Waals surface area contributed by atoms with Crippen LogP contribution in [0.25, 0.3) is 0 Å². The Morgan fingerprint density at radius 2 is 1.94 bits per heavy atom. The molecule has 0 radical (unpaired) electrons. The number of nitrogens with zero attached hydrogens (tertiary/aromatic N) is 1. The summed E-state index contributed by atoms with van der Waals surface area (Å²) in [5.74, 6) is 0.714. The zero-order chi connectivity index (χ0) is 23.5. The van der Waals surface area contributed by atoms with Gasteiger partial charge in [-0.05, 0) is 58.8 Å². The summed E-state index contributed by atoms with van der Waals surface area (Å²) in [6.45, 7) is 10.8. The molecule has 3 saturated heterocycles. The number of amides is 2. The van der Waals surface area contributed by atoms with Crippen molar-refractivity contribution in [3.8, 4) is 0 Å². The monoisotopic (exact) mass is 462 g/mol. The van der Waals surface area contributed by atoms with E-state index in [-0.39, 0.29) is 65.2 Å². The molecule has 33 heavy (non-hydrogen) atoms. The minimum absolute atomic E-state index is 0.0196. The highest BCUT2D eigenvalue weighted by molar-refractivity contribution is 5.83. The molecule has 8 nitrogen and oxygen atoms in total. The largest absolute Gasteiger partial charge is 0.443 e. The summed E-state index contributed by atoms with van der Waals surface area (Å²) in [4.78, 5) is 26.9. The van der Waals surface area contributed by atoms with Gasteiger partial charge in [-0.2, -0.15) is 0 Å². The van der Waals surface area contributed by atoms with E-state index in [2.05, 4.69) is 32.2 Å². The summed E-state index contributed by atoms with van der Waals surface area (Å²) in [5, 5.41) is 2.90. The fraction of sp³-hybridized carbons (Fsp3) is 0.840. The highest BCUT2D eigenvalue weighted by atomic mass is 16.6. The second-order valence-electron chi connectivity index (χ2n) is 11.0. The van der Waals surface area contributed by atoms with Crippen LogP contribution in [0.1, 0.15) is 47.0 Å². The fourth-order valence-corrected chi connectivity index (χ4v) is 6.63. The van der Waals surface area contributed by atoms with E-state index in [1.165, 1.54) is 5.57 Å². The minimum Gasteiger partial charge on any atom is -0.443 e. The molecule has 3 heterocycles. The Bertz CT molecular complexity index is 825. The Kier molecular flexibility index (Phi) is 5.77. The number of carbonyl (C=O) groups is 2. The molecule has 0 aromatic carbocycles. The summed E-state index contributed by atoms with van der Waals surface area (Å²) in [5.41, 5.74) is 0.707. The standard InChI is InChI=1S/C25H38N2O6/c1-6-26-22(28)19-15-11-27(12-16(15)19)23(29)32-17-9-10-25(13-31-25)21(20(17)30-5)24(4)18(33-24)8-7-14(2)3/h7,15-21H,6,8-13H2,1-5H3,(H,26,28)/t15-,16+,17-,18-,19+,20-,21-,24+,25+/m1/s1. The Morgan fingerprint density at radius 3 is 2.52 bits per heavy atom. The average Bonchev–Trinajstić information content (AvgIpc) is 3.73. The molecule has 2 amide bonds. The van der Waals surface area contributed by atoms with E-state index in [1.807, 2.05) is 6.92 Å². The van der Waals surface area contributed by atoms with Crippen molar-refractivity contribution >= 4 is 12.0 Å². The first-order chi connectivity index (χ1) is 15.7. The van der Waals surface area contributed by atoms with Crippen molar-refractivity contribution in [3.05, 3.63) is 11.6 Å². The number of epoxide rings is 2. The predicted octanol–water partition coefficient (Wildman–Crippen LogP) is 2.51. The van der Waals surface area contributed by atoms with Gasteiger partial charge in [0.25, 0.3) is 0 Å². The van der Waals surface area contributed by atoms with Crippen molar-refractivity contribution in [2.24, 2.45) is 23.7 Å². The molecule has 3 aliphatic heterocycles. The van der Waals surface area contributed by atoms with Gasteiger partial charge in [0.05, 0.1) is 18.6 Å². The minimum atomic E-state index is -0.344. The predicted molar refractivity (Wildman–Crippen MR) is 121 cm³/mol. The number of ether oxygens (including phenoxy) is 4. The first-order valence-corrected chi connectivity index (χ1v) is 12.4. The molecule has 2 aliphatic carbocycles. The first kappa shape index (κ1) is 23.1. The van der Waals surface area contributed by atoms with Crippen LogP contribution >= 0.6 is 0 Å². The zero-order valence-corrected chi connectivity index (χ0v) is 20.5. The van der Waals surface area contributed by atoms with E-state index in [1.54, 1.807) is 12.0 Å². The maximum atomic E-state index is 13.0. The number of hydrogen-bond donors (Lipinski definition) is 1. The van der Waals surface area contributed by atoms with Crippen LogP contribution < -0.4 is 5.32 Å². The molecule has 1 N–H and O–H groups in total. The summed E-state index contributed by atoms with van der Waals surface area (Å²) in [6.07, 6.45) is 3.88. The van der Waals surface area contributed by atoms with Gasteiger partial charge < -0.3 is 29.2 Å². The quantitative estimate of drug-likeness (QED) is 0.462. The topological polar surface area (TPSA) is 92.9 Å². The fourth-order valence-electron chi connectivity index (χ4n) is 6.63. The van der Waals surface area contributed by atoms with Gasteiger partial charge in [0.2, 0.25) is 5.91 Å². The number of fused-ring (bicyclic) bond motifs is 1. The van der Waals surface area contributed by atoms with Crippen LogP contribution in [-0.4, -0.2) is 79.8 Å². The van der Waals surface area contributed by atoms with Crippen molar-refractivity contribution in [2.45, 2.75) is 76.5 Å². The van der Waals surface area contributed by atoms with Crippen LogP contribution in [0, 0.1) is 23.7 Å². The van der Waals surface area contributed by atoms with Crippen molar-refractivity contribution in [1.29, 1.82) is 0 Å². The molecule has 0 unspecified atom stereocenters. The summed E-state index contributed by atoms with van der Waals surface area (Å²) in [7, 11) is 1.69. The van der Waals surface area contributed by atoms with Crippen LogP contribution in [0.5, 0.6) is 0 Å². The summed E-state index contributed by atoms with van der Waals surface area (Å²) >= 11 is 0. The number of methoxy groups -OCH3 is 1. The van der Waals surface area contributed by atoms with Gasteiger partial charge in [-0.25, -0.2) is 4.79 Å². The molecule has 5 fully saturated rings. The lowest BCUT2D eigenvalue weighted by Crippen LogP contribution is -2.56. The number of carbonyl (C=O) groups excluding carboxylic acids is 2. The molecule has 0 aromatic heterocycles. The van der Waals surface area contributed by atoms with Gasteiger partial charge in [-0.1, -0.05) is 11.6 Å². The number of piperidine rings is 1. The van der Waals surface area contributed by atoms with Gasteiger partial charge in [0.1, 0.15) is 23.4 Å². The van der Waals surface area contributed by atoms with Crippen molar-refractivity contribution < 1.29 is 28.5 Å². The van der Waals surface area contributed by atoms with Gasteiger partial charge in [0.15, 0.2) is 0 Å². The van der Waals surface area contributed by atoms with E-state index in [0.29, 0.717) is 26.2 Å². The molecule has 1 spiro atoms. The first-order valence-electron chi connectivity index (χ1n) is 12.4. The van der Waals surface area contributed by atoms with E-state index in [0.717, 1.165) is 19.3 Å². The van der Waals surface area contributed by atoms with E-state index >= 15 is 0 Å². The van der Waals surface area contributed by atoms with Crippen LogP contribution in [0.4, 0.5) is 4.79 Å². The smallest absolute Gasteiger partial charge is 0.410 e. The van der Waals surface area contributed by atoms with Gasteiger partial charge in [0, 0.05) is 32.7 Å². The Labute approximate surface area is 196 Å². The van der Waals surface area contributed by atoms with Gasteiger partial charge in [-0.15, -0.1) is 0 Å². The molecular weight excluding hydrogens is 424 g/mol. The van der Waals surface area contributed by atoms with Crippen LogP contribution in [0.3, 0.4) is 0 Å². The number of rotatable bonds is 7. The highest BCUT2D eigenvalue weighted by Crippen LogP contribution is 2.60. The second-order valence-corrected chi connectivity index (χ2v) is 11.0. The molecule has 184 valence electrons. The number of allylic oxidation sites excluding steroid dienone is 1. The van der Waals surface area contributed by atoms with E-state index in [4.69, 9.17) is 18.9 Å². The van der Waals surface area contributed by atoms with Crippen LogP contribution in [0.2, 0.25) is 0 Å². The van der Waals surface area contributed by atoms with Crippen molar-refractivity contribution in [3.63, 3.8) is 0 Å². The SMILES string of the molecule is CCNC(=O)[C@H]1[C@@H]2CN(C(=O)O[C@@H]3CC[C@]4(CO4)[C@@H]([C@@]4(C)O[C@@H]4CC=C(C)C)[C@@H]3OC)C[C@@H]21. The third kappa shape index (κ3) is 3.98. The maximum absolute atomic E-state index is 13.0. The third-order valence-electron chi connectivity index (χ3n) is 8.60.